The van der Waals surface area contributed by atoms with Crippen molar-refractivity contribution >= 4 is 76.5 Å². The summed E-state index contributed by atoms with van der Waals surface area (Å²) in [6.07, 6.45) is 0. The van der Waals surface area contributed by atoms with E-state index >= 15 is 0 Å². The third-order valence-electron chi connectivity index (χ3n) is 23.6. The number of nitrogens with zero attached hydrogens (tertiary/aromatic N) is 8. The maximum atomic E-state index is 6.15. The molecule has 0 fully saturated rings. The minimum Gasteiger partial charge on any atom is -0.456 e. The molecule has 0 aliphatic rings. The zero-order valence-electron chi connectivity index (χ0n) is 67.0. The number of pyridine rings is 2. The Morgan fingerprint density at radius 3 is 0.887 bits per heavy atom. The van der Waals surface area contributed by atoms with Crippen LogP contribution in [0.2, 0.25) is 0 Å². The minimum absolute atomic E-state index is 0.664. The van der Waals surface area contributed by atoms with Gasteiger partial charge in [0, 0.05) is 99.1 Å². The quantitative estimate of drug-likeness (QED) is 0.106. The van der Waals surface area contributed by atoms with Crippen LogP contribution in [0.3, 0.4) is 0 Å². The van der Waals surface area contributed by atoms with Crippen molar-refractivity contribution in [2.45, 2.75) is 0 Å². The number of aromatic nitrogens is 8. The van der Waals surface area contributed by atoms with Crippen LogP contribution in [-0.4, -0.2) is 39.2 Å². The van der Waals surface area contributed by atoms with E-state index in [9.17, 15) is 0 Å². The summed E-state index contributed by atoms with van der Waals surface area (Å²) in [5.74, 6) is 1.33. The molecule has 8 aromatic heterocycles. The fourth-order valence-corrected chi connectivity index (χ4v) is 17.6. The van der Waals surface area contributed by atoms with Crippen LogP contribution >= 0.6 is 0 Å². The second kappa shape index (κ2) is 30.8. The summed E-state index contributed by atoms with van der Waals surface area (Å²) in [5, 5.41) is 20.1. The first-order valence-electron chi connectivity index (χ1n) is 41.7. The third-order valence-corrected chi connectivity index (χ3v) is 23.6. The third kappa shape index (κ3) is 13.3. The Bertz CT molecular complexity index is 8210. The van der Waals surface area contributed by atoms with Gasteiger partial charge in [0.05, 0.1) is 45.2 Å². The number of hydrogen-bond donors (Lipinski definition) is 0. The monoisotopic (exact) mass is 1580 g/mol. The molecule has 0 saturated heterocycles. The van der Waals surface area contributed by atoms with Gasteiger partial charge >= 0.3 is 0 Å². The van der Waals surface area contributed by atoms with Crippen LogP contribution < -0.4 is 0 Å². The molecule has 0 bridgehead atoms. The molecule has 0 saturated carbocycles. The zero-order chi connectivity index (χ0) is 82.0. The second-order valence-electron chi connectivity index (χ2n) is 31.3. The highest BCUT2D eigenvalue weighted by Gasteiger charge is 2.26. The van der Waals surface area contributed by atoms with Crippen molar-refractivity contribution in [2.75, 3.05) is 0 Å². The van der Waals surface area contributed by atoms with Crippen LogP contribution in [0.1, 0.15) is 0 Å². The molecular formula is C114H72N8O2. The van der Waals surface area contributed by atoms with E-state index in [4.69, 9.17) is 39.0 Å². The van der Waals surface area contributed by atoms with Crippen molar-refractivity contribution in [3.8, 4) is 157 Å². The summed E-state index contributed by atoms with van der Waals surface area (Å²) < 4.78 is 16.5. The molecule has 24 aromatic rings. The maximum Gasteiger partial charge on any atom is 0.160 e. The van der Waals surface area contributed by atoms with Crippen molar-refractivity contribution in [2.24, 2.45) is 0 Å². The van der Waals surface area contributed by atoms with Gasteiger partial charge < -0.3 is 8.83 Å². The second-order valence-corrected chi connectivity index (χ2v) is 31.3. The normalized spacial score (nSPS) is 11.5. The summed E-state index contributed by atoms with van der Waals surface area (Å²) in [4.78, 5) is 20.8. The van der Waals surface area contributed by atoms with Gasteiger partial charge in [0.15, 0.2) is 11.6 Å². The lowest BCUT2D eigenvalue weighted by molar-refractivity contribution is 0.668. The highest BCUT2D eigenvalue weighted by molar-refractivity contribution is 6.12. The highest BCUT2D eigenvalue weighted by Crippen LogP contribution is 2.46. The van der Waals surface area contributed by atoms with Gasteiger partial charge in [-0.3, -0.25) is 0 Å². The zero-order valence-corrected chi connectivity index (χ0v) is 67.0. The van der Waals surface area contributed by atoms with E-state index in [1.807, 2.05) is 60.7 Å². The molecule has 0 atom stereocenters. The molecule has 0 aliphatic carbocycles. The first-order chi connectivity index (χ1) is 61.4. The van der Waals surface area contributed by atoms with E-state index in [1.165, 1.54) is 5.39 Å². The fraction of sp³-hybridized carbons (Fsp3) is 0. The van der Waals surface area contributed by atoms with E-state index in [2.05, 4.69) is 385 Å². The van der Waals surface area contributed by atoms with Gasteiger partial charge in [-0.25, -0.2) is 29.0 Å². The van der Waals surface area contributed by atoms with Gasteiger partial charge in [-0.15, -0.1) is 0 Å². The van der Waals surface area contributed by atoms with Crippen LogP contribution in [0.15, 0.2) is 446 Å². The van der Waals surface area contributed by atoms with E-state index in [0.29, 0.717) is 11.6 Å². The molecule has 10 heteroatoms. The van der Waals surface area contributed by atoms with Gasteiger partial charge in [-0.2, -0.15) is 10.2 Å². The van der Waals surface area contributed by atoms with Crippen LogP contribution in [0.5, 0.6) is 0 Å². The van der Waals surface area contributed by atoms with Crippen molar-refractivity contribution in [1.29, 1.82) is 0 Å². The van der Waals surface area contributed by atoms with Crippen molar-refractivity contribution in [3.63, 3.8) is 0 Å². The average Bonchev–Trinajstić information content (AvgIpc) is 1.57. The molecular weight excluding hydrogens is 1510 g/mol. The van der Waals surface area contributed by atoms with Crippen LogP contribution in [0.25, 0.3) is 234 Å². The number of para-hydroxylation sites is 2. The number of rotatable bonds is 14. The Morgan fingerprint density at radius 2 is 0.468 bits per heavy atom. The molecule has 24 rings (SSSR count). The van der Waals surface area contributed by atoms with Crippen LogP contribution in [0.4, 0.5) is 0 Å². The molecule has 16 aromatic carbocycles. The number of furan rings is 2. The van der Waals surface area contributed by atoms with Crippen molar-refractivity contribution in [1.82, 2.24) is 39.2 Å². The summed E-state index contributed by atoms with van der Waals surface area (Å²) >= 11 is 0. The standard InChI is InChI=1S/2C57H36N4O/c1-4-16-37(17-5-1)51-35-42-22-10-11-27-46(42)56-54(38-18-6-2-7-19-38)55(60-61(51)56)45-26-15-25-44(33-45)50-36-49(58-57(59-50)39-20-8-3-9-21-39)43-24-14-23-40(32-43)41-30-31-53-48(34-41)47-28-12-13-29-52(47)62-53;1-4-15-39(16-5-1)51-35-43-21-10-11-24-46(43)56-54(40-17-6-2-7-18-40)55(60-61(51)56)45-23-14-22-44(33-45)50-36-49(58-57(59-50)41-19-8-3-9-20-41)38-29-27-37(28-30-38)42-31-32-53-48(34-42)47-25-12-13-26-52(47)62-53/h2*1-36H. The Labute approximate surface area is 713 Å². The average molecular weight is 1590 g/mol. The van der Waals surface area contributed by atoms with Gasteiger partial charge in [-0.1, -0.05) is 358 Å². The molecule has 0 spiro atoms. The Hall–Kier alpha value is -16.8. The SMILES string of the molecule is c1ccc(-c2nc(-c3ccc(-c4ccc5oc6ccccc6c5c4)cc3)cc(-c3cccc(-c4nn5c(-c6ccccc6)cc6ccccc6c5c4-c4ccccc4)c3)n2)cc1.c1ccc(-c2nc(-c3cccc(-c4ccc5oc6ccccc6c5c4)c3)cc(-c3cccc(-c4nn5c(-c6ccccc6)cc6ccccc6c5c4-c4ccccc4)c3)n2)cc1. The van der Waals surface area contributed by atoms with Gasteiger partial charge in [-0.05, 0) is 123 Å². The lowest BCUT2D eigenvalue weighted by atomic mass is 9.95. The smallest absolute Gasteiger partial charge is 0.160 e. The van der Waals surface area contributed by atoms with Crippen molar-refractivity contribution < 1.29 is 8.83 Å². The summed E-state index contributed by atoms with van der Waals surface area (Å²) in [6.45, 7) is 0. The highest BCUT2D eigenvalue weighted by atomic mass is 16.3. The molecule has 0 aliphatic heterocycles. The molecule has 124 heavy (non-hydrogen) atoms. The molecule has 0 unspecified atom stereocenters. The van der Waals surface area contributed by atoms with Crippen LogP contribution in [-0.2, 0) is 0 Å². The van der Waals surface area contributed by atoms with E-state index in [-0.39, 0.29) is 0 Å². The topological polar surface area (TPSA) is 112 Å². The summed E-state index contributed by atoms with van der Waals surface area (Å²) in [7, 11) is 0. The Balaban J connectivity index is 0.000000143. The lowest BCUT2D eigenvalue weighted by Crippen LogP contribution is -1.96. The molecule has 0 N–H and O–H groups in total. The molecule has 10 nitrogen and oxygen atoms in total. The van der Waals surface area contributed by atoms with Gasteiger partial charge in [0.25, 0.3) is 0 Å². The first-order valence-corrected chi connectivity index (χ1v) is 41.7. The number of fused-ring (bicyclic) bond motifs is 12. The molecule has 0 amide bonds. The molecule has 0 radical (unpaired) electrons. The van der Waals surface area contributed by atoms with Gasteiger partial charge in [0.1, 0.15) is 33.7 Å². The fourth-order valence-electron chi connectivity index (χ4n) is 17.6. The molecule has 580 valence electrons. The summed E-state index contributed by atoms with van der Waals surface area (Å²) in [6, 6.07) is 152. The van der Waals surface area contributed by atoms with Gasteiger partial charge in [0.2, 0.25) is 0 Å². The molecule has 8 heterocycles. The largest absolute Gasteiger partial charge is 0.456 e. The predicted octanol–water partition coefficient (Wildman–Crippen LogP) is 29.7. The minimum atomic E-state index is 0.664. The Kier molecular flexibility index (Phi) is 18.0. The Morgan fingerprint density at radius 1 is 0.177 bits per heavy atom. The van der Waals surface area contributed by atoms with E-state index < -0.39 is 0 Å². The number of benzene rings is 16. The predicted molar refractivity (Wildman–Crippen MR) is 507 cm³/mol. The van der Waals surface area contributed by atoms with E-state index in [0.717, 1.165) is 217 Å². The summed E-state index contributed by atoms with van der Waals surface area (Å²) in [5.41, 5.74) is 31.9. The lowest BCUT2D eigenvalue weighted by Gasteiger charge is -2.12. The van der Waals surface area contributed by atoms with E-state index in [1.54, 1.807) is 0 Å². The number of hydrogen-bond acceptors (Lipinski definition) is 8. The van der Waals surface area contributed by atoms with Crippen LogP contribution in [0, 0.1) is 0 Å². The maximum absolute atomic E-state index is 6.15. The van der Waals surface area contributed by atoms with Crippen molar-refractivity contribution in [3.05, 3.63) is 437 Å². The first kappa shape index (κ1) is 72.4.